The fourth-order valence-corrected chi connectivity index (χ4v) is 1.63. The molecule has 78 valence electrons. The van der Waals surface area contributed by atoms with Crippen molar-refractivity contribution in [1.82, 2.24) is 14.8 Å². The summed E-state index contributed by atoms with van der Waals surface area (Å²) in [7, 11) is 0. The van der Waals surface area contributed by atoms with Gasteiger partial charge in [0.1, 0.15) is 12.2 Å². The zero-order chi connectivity index (χ0) is 10.1. The molecule has 0 amide bonds. The van der Waals surface area contributed by atoms with Crippen molar-refractivity contribution in [1.29, 1.82) is 0 Å². The minimum atomic E-state index is 0.0306. The maximum Gasteiger partial charge on any atom is 0.150 e. The number of nitrogens with zero attached hydrogens (tertiary/aromatic N) is 3. The highest BCUT2D eigenvalue weighted by atomic mass is 15.3. The minimum absolute atomic E-state index is 0.0306. The van der Waals surface area contributed by atoms with Crippen LogP contribution in [0.5, 0.6) is 0 Å². The van der Waals surface area contributed by atoms with Gasteiger partial charge in [-0.25, -0.2) is 0 Å². The molecule has 4 heteroatoms. The molecule has 1 aliphatic carbocycles. The minimum Gasteiger partial charge on any atom is -0.321 e. The average molecular weight is 194 g/mol. The lowest BCUT2D eigenvalue weighted by atomic mass is 9.99. The van der Waals surface area contributed by atoms with Gasteiger partial charge in [0.25, 0.3) is 0 Å². The van der Waals surface area contributed by atoms with E-state index in [1.54, 1.807) is 0 Å². The normalized spacial score (nSPS) is 20.8. The third-order valence-electron chi connectivity index (χ3n) is 3.10. The Balaban J connectivity index is 2.17. The van der Waals surface area contributed by atoms with E-state index in [9.17, 15) is 0 Å². The Hall–Kier alpha value is -0.900. The smallest absolute Gasteiger partial charge is 0.150 e. The van der Waals surface area contributed by atoms with Crippen LogP contribution in [-0.4, -0.2) is 14.8 Å². The summed E-state index contributed by atoms with van der Waals surface area (Å²) in [6.07, 6.45) is 5.39. The summed E-state index contributed by atoms with van der Waals surface area (Å²) in [5.74, 6) is 1.43. The molecule has 0 saturated heterocycles. The van der Waals surface area contributed by atoms with Crippen LogP contribution in [0.25, 0.3) is 0 Å². The van der Waals surface area contributed by atoms with Crippen LogP contribution >= 0.6 is 0 Å². The summed E-state index contributed by atoms with van der Waals surface area (Å²) in [4.78, 5) is 0. The standard InChI is InChI=1S/C10H18N4/c1-3-7(2)9(11)10-13-12-6-14(10)8-4-5-8/h6-9H,3-5,11H2,1-2H3. The molecule has 0 spiro atoms. The van der Waals surface area contributed by atoms with E-state index in [-0.39, 0.29) is 6.04 Å². The van der Waals surface area contributed by atoms with Gasteiger partial charge in [-0.15, -0.1) is 10.2 Å². The molecule has 1 aromatic heterocycles. The van der Waals surface area contributed by atoms with Gasteiger partial charge >= 0.3 is 0 Å². The van der Waals surface area contributed by atoms with E-state index >= 15 is 0 Å². The monoisotopic (exact) mass is 194 g/mol. The molecular weight excluding hydrogens is 176 g/mol. The quantitative estimate of drug-likeness (QED) is 0.793. The molecule has 2 unspecified atom stereocenters. The number of hydrogen-bond donors (Lipinski definition) is 1. The van der Waals surface area contributed by atoms with Gasteiger partial charge in [-0.3, -0.25) is 0 Å². The molecule has 2 rings (SSSR count). The molecule has 0 bridgehead atoms. The van der Waals surface area contributed by atoms with Crippen molar-refractivity contribution in [2.45, 2.75) is 45.2 Å². The average Bonchev–Trinajstić information content (AvgIpc) is 2.94. The maximum atomic E-state index is 6.14. The lowest BCUT2D eigenvalue weighted by molar-refractivity contribution is 0.422. The van der Waals surface area contributed by atoms with Crippen LogP contribution in [0.1, 0.15) is 51.0 Å². The fourth-order valence-electron chi connectivity index (χ4n) is 1.63. The van der Waals surface area contributed by atoms with Crippen LogP contribution in [0, 0.1) is 5.92 Å². The van der Waals surface area contributed by atoms with E-state index in [1.807, 2.05) is 6.33 Å². The molecule has 0 radical (unpaired) electrons. The Morgan fingerprint density at radius 2 is 2.36 bits per heavy atom. The summed E-state index contributed by atoms with van der Waals surface area (Å²) >= 11 is 0. The Labute approximate surface area is 84.5 Å². The lowest BCUT2D eigenvalue weighted by Crippen LogP contribution is -2.22. The fraction of sp³-hybridized carbons (Fsp3) is 0.800. The zero-order valence-electron chi connectivity index (χ0n) is 8.85. The summed E-state index contributed by atoms with van der Waals surface area (Å²) in [6, 6.07) is 0.651. The SMILES string of the molecule is CCC(C)C(N)c1nncn1C1CC1. The van der Waals surface area contributed by atoms with Crippen LogP contribution in [-0.2, 0) is 0 Å². The second-order valence-corrected chi connectivity index (χ2v) is 4.24. The van der Waals surface area contributed by atoms with Crippen molar-refractivity contribution in [3.05, 3.63) is 12.2 Å². The van der Waals surface area contributed by atoms with Gasteiger partial charge in [0.2, 0.25) is 0 Å². The van der Waals surface area contributed by atoms with Gasteiger partial charge in [0.15, 0.2) is 0 Å². The summed E-state index contributed by atoms with van der Waals surface area (Å²) in [5, 5.41) is 8.09. The van der Waals surface area contributed by atoms with Gasteiger partial charge in [-0.1, -0.05) is 20.3 Å². The van der Waals surface area contributed by atoms with Crippen LogP contribution in [0.15, 0.2) is 6.33 Å². The molecule has 2 N–H and O–H groups in total. The summed E-state index contributed by atoms with van der Waals surface area (Å²) in [5.41, 5.74) is 6.14. The zero-order valence-corrected chi connectivity index (χ0v) is 8.85. The first kappa shape index (κ1) is 9.65. The van der Waals surface area contributed by atoms with E-state index in [4.69, 9.17) is 5.73 Å². The molecule has 0 aliphatic heterocycles. The molecule has 1 aliphatic rings. The Morgan fingerprint density at radius 1 is 1.64 bits per heavy atom. The Morgan fingerprint density at radius 3 is 2.93 bits per heavy atom. The van der Waals surface area contributed by atoms with Crippen molar-refractivity contribution in [2.75, 3.05) is 0 Å². The topological polar surface area (TPSA) is 56.7 Å². The van der Waals surface area contributed by atoms with E-state index in [0.29, 0.717) is 12.0 Å². The molecule has 1 saturated carbocycles. The third-order valence-corrected chi connectivity index (χ3v) is 3.10. The molecule has 1 fully saturated rings. The number of rotatable bonds is 4. The van der Waals surface area contributed by atoms with Crippen LogP contribution in [0.2, 0.25) is 0 Å². The maximum absolute atomic E-state index is 6.14. The molecular formula is C10H18N4. The molecule has 1 heterocycles. The first-order valence-corrected chi connectivity index (χ1v) is 5.39. The predicted octanol–water partition coefficient (Wildman–Crippen LogP) is 1.66. The summed E-state index contributed by atoms with van der Waals surface area (Å²) < 4.78 is 2.15. The van der Waals surface area contributed by atoms with Gasteiger partial charge in [-0.05, 0) is 18.8 Å². The van der Waals surface area contributed by atoms with Crippen molar-refractivity contribution >= 4 is 0 Å². The van der Waals surface area contributed by atoms with Gasteiger partial charge < -0.3 is 10.3 Å². The molecule has 2 atom stereocenters. The first-order valence-electron chi connectivity index (χ1n) is 5.39. The molecule has 4 nitrogen and oxygen atoms in total. The highest BCUT2D eigenvalue weighted by Gasteiger charge is 2.29. The van der Waals surface area contributed by atoms with Crippen LogP contribution in [0.4, 0.5) is 0 Å². The van der Waals surface area contributed by atoms with E-state index in [1.165, 1.54) is 12.8 Å². The van der Waals surface area contributed by atoms with Gasteiger partial charge in [-0.2, -0.15) is 0 Å². The van der Waals surface area contributed by atoms with Crippen LogP contribution < -0.4 is 5.73 Å². The lowest BCUT2D eigenvalue weighted by Gasteiger charge is -2.18. The van der Waals surface area contributed by atoms with Crippen molar-refractivity contribution in [2.24, 2.45) is 11.7 Å². The number of hydrogen-bond acceptors (Lipinski definition) is 3. The summed E-state index contributed by atoms with van der Waals surface area (Å²) in [6.45, 7) is 4.32. The Bertz CT molecular complexity index is 303. The highest BCUT2D eigenvalue weighted by molar-refractivity contribution is 5.00. The van der Waals surface area contributed by atoms with Gasteiger partial charge in [0.05, 0.1) is 6.04 Å². The second kappa shape index (κ2) is 3.69. The number of aromatic nitrogens is 3. The van der Waals surface area contributed by atoms with Crippen molar-refractivity contribution < 1.29 is 0 Å². The predicted molar refractivity (Wildman–Crippen MR) is 54.7 cm³/mol. The van der Waals surface area contributed by atoms with Crippen molar-refractivity contribution in [3.63, 3.8) is 0 Å². The van der Waals surface area contributed by atoms with Crippen molar-refractivity contribution in [3.8, 4) is 0 Å². The highest BCUT2D eigenvalue weighted by Crippen LogP contribution is 2.36. The van der Waals surface area contributed by atoms with Gasteiger partial charge in [0, 0.05) is 6.04 Å². The van der Waals surface area contributed by atoms with E-state index in [2.05, 4.69) is 28.6 Å². The van der Waals surface area contributed by atoms with E-state index < -0.39 is 0 Å². The first-order chi connectivity index (χ1) is 6.74. The largest absolute Gasteiger partial charge is 0.321 e. The third kappa shape index (κ3) is 1.66. The number of nitrogens with two attached hydrogens (primary N) is 1. The molecule has 14 heavy (non-hydrogen) atoms. The molecule has 1 aromatic rings. The Kier molecular flexibility index (Phi) is 2.54. The second-order valence-electron chi connectivity index (χ2n) is 4.24. The molecule has 0 aromatic carbocycles. The van der Waals surface area contributed by atoms with E-state index in [0.717, 1.165) is 12.2 Å². The van der Waals surface area contributed by atoms with Crippen LogP contribution in [0.3, 0.4) is 0 Å².